The Labute approximate surface area is 201 Å². The third-order valence-electron chi connectivity index (χ3n) is 6.08. The summed E-state index contributed by atoms with van der Waals surface area (Å²) in [7, 11) is 0. The van der Waals surface area contributed by atoms with E-state index in [2.05, 4.69) is 15.0 Å². The van der Waals surface area contributed by atoms with E-state index in [1.165, 1.54) is 10.5 Å². The molecule has 0 atom stereocenters. The predicted molar refractivity (Wildman–Crippen MR) is 128 cm³/mol. The summed E-state index contributed by atoms with van der Waals surface area (Å²) in [5.41, 5.74) is 1.70. The highest BCUT2D eigenvalue weighted by molar-refractivity contribution is 5.68. The van der Waals surface area contributed by atoms with Crippen LogP contribution in [0, 0.1) is 12.7 Å². The minimum atomic E-state index is -0.526. The van der Waals surface area contributed by atoms with Crippen LogP contribution in [0.3, 0.4) is 0 Å². The first-order valence-corrected chi connectivity index (χ1v) is 11.6. The molecule has 0 aromatic carbocycles. The van der Waals surface area contributed by atoms with Crippen molar-refractivity contribution in [2.24, 2.45) is 0 Å². The smallest absolute Gasteiger partial charge is 0.410 e. The molecule has 0 radical (unpaired) electrons. The number of aromatic nitrogens is 5. The highest BCUT2D eigenvalue weighted by atomic mass is 19.1. The molecule has 4 aromatic rings. The van der Waals surface area contributed by atoms with Gasteiger partial charge >= 0.3 is 11.8 Å². The van der Waals surface area contributed by atoms with Gasteiger partial charge in [0.25, 0.3) is 0 Å². The van der Waals surface area contributed by atoms with Crippen molar-refractivity contribution in [3.05, 3.63) is 64.3 Å². The van der Waals surface area contributed by atoms with Crippen molar-refractivity contribution in [1.82, 2.24) is 28.7 Å². The zero-order valence-corrected chi connectivity index (χ0v) is 20.2. The number of carbonyl (C=O) groups excluding carboxylic acids is 1. The zero-order chi connectivity index (χ0) is 24.9. The summed E-state index contributed by atoms with van der Waals surface area (Å²) >= 11 is 0. The largest absolute Gasteiger partial charge is 0.444 e. The van der Waals surface area contributed by atoms with Crippen molar-refractivity contribution < 1.29 is 13.9 Å². The maximum Gasteiger partial charge on any atom is 0.410 e. The Bertz CT molecular complexity index is 1500. The van der Waals surface area contributed by atoms with Crippen LogP contribution in [0.25, 0.3) is 22.7 Å². The Hall–Kier alpha value is -3.82. The third kappa shape index (κ3) is 4.60. The van der Waals surface area contributed by atoms with Gasteiger partial charge in [0.2, 0.25) is 0 Å². The summed E-state index contributed by atoms with van der Waals surface area (Å²) in [6.45, 7) is 8.51. The second-order valence-electron chi connectivity index (χ2n) is 9.95. The standard InChI is InChI=1S/C25H27FN6O3/c1-15-12-31-13-18(11-19(26)22(31)27-15)21-28-20-6-5-17(14-32(20)23(33)29-21)16-7-9-30(10-8-16)24(34)35-25(2,3)4/h5-6,11-14,16H,7-10H2,1-4H3. The summed E-state index contributed by atoms with van der Waals surface area (Å²) in [5, 5.41) is 0. The maximum absolute atomic E-state index is 14.5. The van der Waals surface area contributed by atoms with E-state index in [0.29, 0.717) is 30.0 Å². The number of likely N-dealkylation sites (tertiary alicyclic amines) is 1. The molecular formula is C25H27FN6O3. The molecular weight excluding hydrogens is 451 g/mol. The molecule has 0 aliphatic carbocycles. The highest BCUT2D eigenvalue weighted by Crippen LogP contribution is 2.29. The molecule has 5 rings (SSSR count). The summed E-state index contributed by atoms with van der Waals surface area (Å²) in [6, 6.07) is 5.01. The van der Waals surface area contributed by atoms with E-state index in [9.17, 15) is 14.0 Å². The molecule has 1 aliphatic heterocycles. The fourth-order valence-corrected chi connectivity index (χ4v) is 4.43. The SMILES string of the molecule is Cc1cn2cc(-c3nc(=O)n4cc(C5CCN(C(=O)OC(C)(C)C)CC5)ccc4n3)cc(F)c2n1. The summed E-state index contributed by atoms with van der Waals surface area (Å²) in [4.78, 5) is 39.7. The number of ether oxygens (including phenoxy) is 1. The first kappa shape index (κ1) is 22.9. The van der Waals surface area contributed by atoms with Crippen LogP contribution < -0.4 is 5.69 Å². The minimum Gasteiger partial charge on any atom is -0.444 e. The number of pyridine rings is 2. The Kier molecular flexibility index (Phi) is 5.53. The van der Waals surface area contributed by atoms with Gasteiger partial charge < -0.3 is 14.0 Å². The van der Waals surface area contributed by atoms with Crippen LogP contribution >= 0.6 is 0 Å². The highest BCUT2D eigenvalue weighted by Gasteiger charge is 2.27. The van der Waals surface area contributed by atoms with E-state index in [1.54, 1.807) is 40.9 Å². The Morgan fingerprint density at radius 1 is 1.09 bits per heavy atom. The number of hydrogen-bond acceptors (Lipinski definition) is 6. The van der Waals surface area contributed by atoms with E-state index in [-0.39, 0.29) is 23.5 Å². The maximum atomic E-state index is 14.5. The molecule has 182 valence electrons. The molecule has 0 N–H and O–H groups in total. The van der Waals surface area contributed by atoms with Crippen molar-refractivity contribution in [3.8, 4) is 11.4 Å². The second-order valence-corrected chi connectivity index (χ2v) is 9.95. The number of aryl methyl sites for hydroxylation is 1. The lowest BCUT2D eigenvalue weighted by atomic mass is 9.90. The van der Waals surface area contributed by atoms with E-state index in [4.69, 9.17) is 4.74 Å². The second kappa shape index (κ2) is 8.44. The fraction of sp³-hybridized carbons (Fsp3) is 0.400. The van der Waals surface area contributed by atoms with Gasteiger partial charge in [0.1, 0.15) is 11.2 Å². The number of carbonyl (C=O) groups is 1. The zero-order valence-electron chi connectivity index (χ0n) is 20.2. The molecule has 9 nitrogen and oxygen atoms in total. The normalized spacial score (nSPS) is 15.2. The van der Waals surface area contributed by atoms with Crippen molar-refractivity contribution in [3.63, 3.8) is 0 Å². The number of fused-ring (bicyclic) bond motifs is 2. The number of halogens is 1. The van der Waals surface area contributed by atoms with Gasteiger partial charge in [-0.1, -0.05) is 6.07 Å². The van der Waals surface area contributed by atoms with E-state index in [0.717, 1.165) is 18.4 Å². The summed E-state index contributed by atoms with van der Waals surface area (Å²) in [6.07, 6.45) is 6.36. The van der Waals surface area contributed by atoms with Crippen LogP contribution in [0.4, 0.5) is 9.18 Å². The molecule has 0 unspecified atom stereocenters. The number of rotatable bonds is 2. The molecule has 5 heterocycles. The van der Waals surface area contributed by atoms with Gasteiger partial charge in [-0.2, -0.15) is 4.98 Å². The Balaban J connectivity index is 1.38. The predicted octanol–water partition coefficient (Wildman–Crippen LogP) is 3.97. The minimum absolute atomic E-state index is 0.153. The topological polar surface area (TPSA) is 94.1 Å². The van der Waals surface area contributed by atoms with Crippen LogP contribution in [0.1, 0.15) is 50.8 Å². The van der Waals surface area contributed by atoms with Gasteiger partial charge in [-0.3, -0.25) is 4.40 Å². The van der Waals surface area contributed by atoms with Crippen LogP contribution in [0.5, 0.6) is 0 Å². The van der Waals surface area contributed by atoms with Gasteiger partial charge in [-0.25, -0.2) is 23.9 Å². The fourth-order valence-electron chi connectivity index (χ4n) is 4.43. The monoisotopic (exact) mass is 478 g/mol. The van der Waals surface area contributed by atoms with Crippen LogP contribution in [-0.2, 0) is 4.74 Å². The average molecular weight is 479 g/mol. The Morgan fingerprint density at radius 3 is 2.54 bits per heavy atom. The van der Waals surface area contributed by atoms with Crippen molar-refractivity contribution in [2.75, 3.05) is 13.1 Å². The van der Waals surface area contributed by atoms with Gasteiger partial charge in [0, 0.05) is 37.2 Å². The number of amides is 1. The van der Waals surface area contributed by atoms with Crippen LogP contribution in [0.2, 0.25) is 0 Å². The molecule has 1 saturated heterocycles. The number of nitrogens with zero attached hydrogens (tertiary/aromatic N) is 6. The summed E-state index contributed by atoms with van der Waals surface area (Å²) < 4.78 is 23.0. The lowest BCUT2D eigenvalue weighted by Crippen LogP contribution is -2.41. The molecule has 0 spiro atoms. The van der Waals surface area contributed by atoms with Crippen LogP contribution in [0.15, 0.2) is 41.6 Å². The Morgan fingerprint density at radius 2 is 1.83 bits per heavy atom. The number of imidazole rings is 1. The molecule has 4 aromatic heterocycles. The summed E-state index contributed by atoms with van der Waals surface area (Å²) in [5.74, 6) is -0.154. The molecule has 10 heteroatoms. The van der Waals surface area contributed by atoms with Crippen molar-refractivity contribution >= 4 is 17.4 Å². The third-order valence-corrected chi connectivity index (χ3v) is 6.08. The van der Waals surface area contributed by atoms with E-state index in [1.807, 2.05) is 26.8 Å². The van der Waals surface area contributed by atoms with Gasteiger partial charge in [0.05, 0.1) is 5.69 Å². The van der Waals surface area contributed by atoms with Gasteiger partial charge in [0.15, 0.2) is 17.3 Å². The molecule has 35 heavy (non-hydrogen) atoms. The number of piperidine rings is 1. The first-order valence-electron chi connectivity index (χ1n) is 11.6. The molecule has 0 bridgehead atoms. The lowest BCUT2D eigenvalue weighted by Gasteiger charge is -2.33. The average Bonchev–Trinajstić information content (AvgIpc) is 3.18. The van der Waals surface area contributed by atoms with Gasteiger partial charge in [-0.05, 0) is 64.2 Å². The lowest BCUT2D eigenvalue weighted by molar-refractivity contribution is 0.0205. The van der Waals surface area contributed by atoms with E-state index < -0.39 is 17.1 Å². The van der Waals surface area contributed by atoms with Crippen LogP contribution in [-0.4, -0.2) is 53.4 Å². The quantitative estimate of drug-likeness (QED) is 0.433. The molecule has 1 aliphatic rings. The van der Waals surface area contributed by atoms with Crippen molar-refractivity contribution in [2.45, 2.75) is 52.1 Å². The molecule has 0 saturated carbocycles. The van der Waals surface area contributed by atoms with Crippen molar-refractivity contribution in [1.29, 1.82) is 0 Å². The first-order chi connectivity index (χ1) is 16.6. The van der Waals surface area contributed by atoms with Gasteiger partial charge in [-0.15, -0.1) is 0 Å². The number of hydrogen-bond donors (Lipinski definition) is 0. The molecule has 1 amide bonds. The van der Waals surface area contributed by atoms with E-state index >= 15 is 0 Å². The molecule has 1 fully saturated rings.